The summed E-state index contributed by atoms with van der Waals surface area (Å²) in [5, 5.41) is 0. The number of halogens is 2. The smallest absolute Gasteiger partial charge is 0.0585 e. The monoisotopic (exact) mass is 392 g/mol. The normalized spacial score (nSPS) is 11.5. The van der Waals surface area contributed by atoms with E-state index in [4.69, 9.17) is 0 Å². The molecule has 0 atom stereocenters. The molecule has 0 aliphatic rings. The van der Waals surface area contributed by atoms with Gasteiger partial charge in [0.05, 0.1) is 13.1 Å². The Morgan fingerprint density at radius 2 is 1.00 bits per heavy atom. The predicted octanol–water partition coefficient (Wildman–Crippen LogP) is 4.75. The molecule has 0 amide bonds. The van der Waals surface area contributed by atoms with Gasteiger partial charge in [-0.3, -0.25) is 9.98 Å². The summed E-state index contributed by atoms with van der Waals surface area (Å²) in [7, 11) is 0. The molecule has 0 saturated heterocycles. The number of aliphatic imine (C=N–C) groups is 2. The van der Waals surface area contributed by atoms with Crippen LogP contribution in [0.15, 0.2) is 67.5 Å². The fourth-order valence-corrected chi connectivity index (χ4v) is 2.08. The number of nitrogens with zero attached hydrogens (tertiary/aromatic N) is 2. The van der Waals surface area contributed by atoms with E-state index in [0.29, 0.717) is 13.1 Å². The Kier molecular flexibility index (Phi) is 6.15. The highest BCUT2D eigenvalue weighted by Crippen LogP contribution is 2.09. The van der Waals surface area contributed by atoms with Crippen molar-refractivity contribution in [3.63, 3.8) is 0 Å². The van der Waals surface area contributed by atoms with Crippen LogP contribution in [0, 0.1) is 0 Å². The predicted molar refractivity (Wildman–Crippen MR) is 93.2 cm³/mol. The minimum atomic E-state index is 0.698. The highest BCUT2D eigenvalue weighted by atomic mass is 79.9. The van der Waals surface area contributed by atoms with Gasteiger partial charge in [-0.05, 0) is 35.4 Å². The van der Waals surface area contributed by atoms with Crippen molar-refractivity contribution in [2.24, 2.45) is 9.98 Å². The van der Waals surface area contributed by atoms with Gasteiger partial charge in [0, 0.05) is 21.4 Å². The van der Waals surface area contributed by atoms with Crippen LogP contribution >= 0.6 is 31.9 Å². The largest absolute Gasteiger partial charge is 0.291 e. The zero-order valence-electron chi connectivity index (χ0n) is 10.8. The molecular formula is C16H14Br2N2. The molecule has 0 bridgehead atoms. The number of benzene rings is 2. The Hall–Kier alpha value is -1.26. The molecule has 20 heavy (non-hydrogen) atoms. The van der Waals surface area contributed by atoms with Crippen molar-refractivity contribution >= 4 is 44.3 Å². The van der Waals surface area contributed by atoms with Gasteiger partial charge in [-0.1, -0.05) is 56.1 Å². The molecule has 2 aromatic carbocycles. The van der Waals surface area contributed by atoms with E-state index in [2.05, 4.69) is 41.8 Å². The van der Waals surface area contributed by atoms with Crippen LogP contribution in [0.1, 0.15) is 11.1 Å². The molecule has 4 heteroatoms. The first-order valence-electron chi connectivity index (χ1n) is 6.25. The number of rotatable bonds is 5. The molecule has 102 valence electrons. The number of hydrogen-bond donors (Lipinski definition) is 0. The van der Waals surface area contributed by atoms with E-state index in [1.165, 1.54) is 0 Å². The van der Waals surface area contributed by atoms with E-state index >= 15 is 0 Å². The lowest BCUT2D eigenvalue weighted by atomic mass is 10.2. The van der Waals surface area contributed by atoms with E-state index in [1.54, 1.807) is 0 Å². The molecule has 2 nitrogen and oxygen atoms in total. The average Bonchev–Trinajstić information content (AvgIpc) is 2.46. The zero-order chi connectivity index (χ0) is 14.2. The van der Waals surface area contributed by atoms with Gasteiger partial charge >= 0.3 is 0 Å². The SMILES string of the molecule is Brc1ccc(/C=N/CC/N=C/c2ccc(Br)cc2)cc1. The Morgan fingerprint density at radius 1 is 0.650 bits per heavy atom. The standard InChI is InChI=1S/C16H14Br2N2/c17-15-5-1-13(2-6-15)11-19-9-10-20-12-14-3-7-16(18)8-4-14/h1-8,11-12H,9-10H2/b19-11+,20-12+. The molecule has 0 aliphatic heterocycles. The third-order valence-electron chi connectivity index (χ3n) is 2.58. The fraction of sp³-hybridized carbons (Fsp3) is 0.125. The van der Waals surface area contributed by atoms with Gasteiger partial charge in [-0.15, -0.1) is 0 Å². The Morgan fingerprint density at radius 3 is 1.35 bits per heavy atom. The molecular weight excluding hydrogens is 380 g/mol. The summed E-state index contributed by atoms with van der Waals surface area (Å²) < 4.78 is 2.16. The van der Waals surface area contributed by atoms with Crippen LogP contribution in [0.3, 0.4) is 0 Å². The van der Waals surface area contributed by atoms with Crippen molar-refractivity contribution in [3.8, 4) is 0 Å². The molecule has 0 N–H and O–H groups in total. The molecule has 0 radical (unpaired) electrons. The van der Waals surface area contributed by atoms with Crippen LogP contribution in [0.4, 0.5) is 0 Å². The lowest BCUT2D eigenvalue weighted by molar-refractivity contribution is 0.985. The van der Waals surface area contributed by atoms with Gasteiger partial charge in [0.2, 0.25) is 0 Å². The molecule has 0 aliphatic carbocycles. The molecule has 2 aromatic rings. The summed E-state index contributed by atoms with van der Waals surface area (Å²) in [4.78, 5) is 8.71. The minimum absolute atomic E-state index is 0.698. The molecule has 0 saturated carbocycles. The second-order valence-electron chi connectivity index (χ2n) is 4.17. The third-order valence-corrected chi connectivity index (χ3v) is 3.64. The van der Waals surface area contributed by atoms with Gasteiger partial charge < -0.3 is 0 Å². The summed E-state index contributed by atoms with van der Waals surface area (Å²) in [6.07, 6.45) is 3.75. The van der Waals surface area contributed by atoms with Crippen LogP contribution in [0.2, 0.25) is 0 Å². The first-order valence-corrected chi connectivity index (χ1v) is 7.83. The highest BCUT2D eigenvalue weighted by Gasteiger charge is 1.89. The molecule has 2 rings (SSSR count). The van der Waals surface area contributed by atoms with Crippen molar-refractivity contribution < 1.29 is 0 Å². The highest BCUT2D eigenvalue weighted by molar-refractivity contribution is 9.10. The number of hydrogen-bond acceptors (Lipinski definition) is 2. The zero-order valence-corrected chi connectivity index (χ0v) is 14.0. The summed E-state index contributed by atoms with van der Waals surface area (Å²) in [5.41, 5.74) is 2.20. The van der Waals surface area contributed by atoms with Crippen molar-refractivity contribution in [1.82, 2.24) is 0 Å². The Bertz CT molecular complexity index is 531. The maximum absolute atomic E-state index is 4.36. The minimum Gasteiger partial charge on any atom is -0.291 e. The van der Waals surface area contributed by atoms with Crippen molar-refractivity contribution in [3.05, 3.63) is 68.6 Å². The van der Waals surface area contributed by atoms with E-state index in [9.17, 15) is 0 Å². The topological polar surface area (TPSA) is 24.7 Å². The average molecular weight is 394 g/mol. The molecule has 0 aromatic heterocycles. The van der Waals surface area contributed by atoms with Crippen molar-refractivity contribution in [1.29, 1.82) is 0 Å². The fourth-order valence-electron chi connectivity index (χ4n) is 1.55. The van der Waals surface area contributed by atoms with E-state index in [1.807, 2.05) is 61.0 Å². The van der Waals surface area contributed by atoms with Crippen LogP contribution in [-0.4, -0.2) is 25.5 Å². The summed E-state index contributed by atoms with van der Waals surface area (Å²) in [6.45, 7) is 1.40. The van der Waals surface area contributed by atoms with Gasteiger partial charge in [-0.25, -0.2) is 0 Å². The quantitative estimate of drug-likeness (QED) is 0.517. The summed E-state index contributed by atoms with van der Waals surface area (Å²) in [6, 6.07) is 16.1. The first kappa shape index (κ1) is 15.1. The van der Waals surface area contributed by atoms with Gasteiger partial charge in [0.25, 0.3) is 0 Å². The van der Waals surface area contributed by atoms with Crippen LogP contribution in [-0.2, 0) is 0 Å². The molecule has 0 fully saturated rings. The summed E-state index contributed by atoms with van der Waals surface area (Å²) in [5.74, 6) is 0. The van der Waals surface area contributed by atoms with Crippen LogP contribution in [0.25, 0.3) is 0 Å². The molecule has 0 unspecified atom stereocenters. The molecule has 0 heterocycles. The van der Waals surface area contributed by atoms with Gasteiger partial charge in [0.1, 0.15) is 0 Å². The van der Waals surface area contributed by atoms with E-state index in [-0.39, 0.29) is 0 Å². The Labute approximate surface area is 135 Å². The lowest BCUT2D eigenvalue weighted by Crippen LogP contribution is -1.90. The maximum atomic E-state index is 4.36. The first-order chi connectivity index (χ1) is 9.74. The molecule has 0 spiro atoms. The van der Waals surface area contributed by atoms with Crippen LogP contribution < -0.4 is 0 Å². The lowest BCUT2D eigenvalue weighted by Gasteiger charge is -1.94. The van der Waals surface area contributed by atoms with Gasteiger partial charge in [-0.2, -0.15) is 0 Å². The second-order valence-corrected chi connectivity index (χ2v) is 6.01. The van der Waals surface area contributed by atoms with Crippen molar-refractivity contribution in [2.45, 2.75) is 0 Å². The Balaban J connectivity index is 1.76. The van der Waals surface area contributed by atoms with Gasteiger partial charge in [0.15, 0.2) is 0 Å². The second kappa shape index (κ2) is 8.12. The van der Waals surface area contributed by atoms with E-state index < -0.39 is 0 Å². The third kappa shape index (κ3) is 5.39. The van der Waals surface area contributed by atoms with Crippen molar-refractivity contribution in [2.75, 3.05) is 13.1 Å². The van der Waals surface area contributed by atoms with E-state index in [0.717, 1.165) is 20.1 Å². The van der Waals surface area contributed by atoms with Crippen LogP contribution in [0.5, 0.6) is 0 Å². The maximum Gasteiger partial charge on any atom is 0.0585 e. The summed E-state index contributed by atoms with van der Waals surface area (Å²) >= 11 is 6.82.